The van der Waals surface area contributed by atoms with Gasteiger partial charge in [-0.05, 0) is 36.6 Å². The van der Waals surface area contributed by atoms with E-state index in [2.05, 4.69) is 13.8 Å². The van der Waals surface area contributed by atoms with E-state index in [1.54, 1.807) is 12.1 Å². The molecule has 3 nitrogen and oxygen atoms in total. The lowest BCUT2D eigenvalue weighted by molar-refractivity contribution is 0.0497. The van der Waals surface area contributed by atoms with Crippen molar-refractivity contribution in [2.45, 2.75) is 46.0 Å². The summed E-state index contributed by atoms with van der Waals surface area (Å²) in [4.78, 5) is 11.6. The molecule has 1 N–H and O–H groups in total. The molecule has 0 heterocycles. The zero-order chi connectivity index (χ0) is 14.1. The summed E-state index contributed by atoms with van der Waals surface area (Å²) in [6.07, 6.45) is 5.71. The van der Waals surface area contributed by atoms with Crippen molar-refractivity contribution >= 4 is 5.97 Å². The first kappa shape index (κ1) is 15.5. The first-order chi connectivity index (χ1) is 9.13. The molecule has 0 radical (unpaired) electrons. The average molecular weight is 264 g/mol. The van der Waals surface area contributed by atoms with Crippen molar-refractivity contribution < 1.29 is 14.6 Å². The van der Waals surface area contributed by atoms with Crippen LogP contribution in [0, 0.1) is 5.92 Å². The first-order valence-corrected chi connectivity index (χ1v) is 7.09. The number of phenols is 1. The van der Waals surface area contributed by atoms with Crippen LogP contribution in [0.5, 0.6) is 5.75 Å². The summed E-state index contributed by atoms with van der Waals surface area (Å²) in [5.74, 6) is 0.628. The molecule has 1 aromatic carbocycles. The summed E-state index contributed by atoms with van der Waals surface area (Å²) < 4.78 is 5.18. The van der Waals surface area contributed by atoms with E-state index in [0.717, 1.165) is 18.8 Å². The number of benzene rings is 1. The fraction of sp³-hybridized carbons (Fsp3) is 0.562. The van der Waals surface area contributed by atoms with Gasteiger partial charge in [0.2, 0.25) is 0 Å². The van der Waals surface area contributed by atoms with Crippen LogP contribution in [0.25, 0.3) is 0 Å². The summed E-state index contributed by atoms with van der Waals surface area (Å²) in [5.41, 5.74) is 0.484. The summed E-state index contributed by atoms with van der Waals surface area (Å²) in [6, 6.07) is 6.12. The number of phenolic OH excluding ortho intramolecular Hbond substituents is 1. The van der Waals surface area contributed by atoms with Gasteiger partial charge in [0.25, 0.3) is 0 Å². The van der Waals surface area contributed by atoms with Crippen LogP contribution in [-0.4, -0.2) is 17.7 Å². The molecule has 0 aliphatic rings. The number of esters is 1. The molecule has 1 atom stereocenters. The summed E-state index contributed by atoms with van der Waals surface area (Å²) in [6.45, 7) is 4.95. The second kappa shape index (κ2) is 8.57. The van der Waals surface area contributed by atoms with Gasteiger partial charge in [-0.2, -0.15) is 0 Å². The maximum absolute atomic E-state index is 11.6. The van der Waals surface area contributed by atoms with Crippen LogP contribution in [0.4, 0.5) is 0 Å². The van der Waals surface area contributed by atoms with Crippen LogP contribution in [-0.2, 0) is 4.74 Å². The number of unbranched alkanes of at least 4 members (excludes halogenated alkanes) is 2. The number of hydrogen-bond donors (Lipinski definition) is 1. The number of carbonyl (C=O) groups excluding carboxylic acids is 1. The molecule has 1 unspecified atom stereocenters. The van der Waals surface area contributed by atoms with Gasteiger partial charge in [-0.15, -0.1) is 0 Å². The molecule has 106 valence electrons. The molecule has 3 heteroatoms. The summed E-state index contributed by atoms with van der Waals surface area (Å²) in [7, 11) is 0. The van der Waals surface area contributed by atoms with Crippen LogP contribution in [0.15, 0.2) is 24.3 Å². The molecule has 1 aromatic rings. The molecule has 0 saturated heterocycles. The molecule has 0 aromatic heterocycles. The lowest BCUT2D eigenvalue weighted by Gasteiger charge is -2.08. The lowest BCUT2D eigenvalue weighted by atomic mass is 10.0. The number of aromatic hydroxyl groups is 1. The maximum atomic E-state index is 11.6. The Bertz CT molecular complexity index is 370. The minimum Gasteiger partial charge on any atom is -0.508 e. The Morgan fingerprint density at radius 2 is 1.89 bits per heavy atom. The standard InChI is InChI=1S/C16H24O3/c1-3-13(2)7-5-4-6-12-19-16(18)14-8-10-15(17)11-9-14/h8-11,13,17H,3-7,12H2,1-2H3. The van der Waals surface area contributed by atoms with Crippen molar-refractivity contribution in [1.82, 2.24) is 0 Å². The van der Waals surface area contributed by atoms with Crippen LogP contribution in [0.3, 0.4) is 0 Å². The Morgan fingerprint density at radius 1 is 1.21 bits per heavy atom. The SMILES string of the molecule is CCC(C)CCCCCOC(=O)c1ccc(O)cc1. The van der Waals surface area contributed by atoms with E-state index in [9.17, 15) is 4.79 Å². The molecule has 19 heavy (non-hydrogen) atoms. The number of hydrogen-bond acceptors (Lipinski definition) is 3. The molecule has 0 spiro atoms. The monoisotopic (exact) mass is 264 g/mol. The Kier molecular flexibility index (Phi) is 7.01. The van der Waals surface area contributed by atoms with Crippen molar-refractivity contribution in [3.8, 4) is 5.75 Å². The zero-order valence-corrected chi connectivity index (χ0v) is 11.9. The van der Waals surface area contributed by atoms with E-state index < -0.39 is 0 Å². The van der Waals surface area contributed by atoms with Gasteiger partial charge in [0, 0.05) is 0 Å². The fourth-order valence-corrected chi connectivity index (χ4v) is 1.82. The highest BCUT2D eigenvalue weighted by atomic mass is 16.5. The largest absolute Gasteiger partial charge is 0.508 e. The molecule has 0 aliphatic heterocycles. The van der Waals surface area contributed by atoms with Crippen LogP contribution in [0.1, 0.15) is 56.3 Å². The van der Waals surface area contributed by atoms with Gasteiger partial charge in [-0.1, -0.05) is 39.5 Å². The van der Waals surface area contributed by atoms with E-state index in [-0.39, 0.29) is 11.7 Å². The maximum Gasteiger partial charge on any atom is 0.338 e. The van der Waals surface area contributed by atoms with E-state index in [0.29, 0.717) is 12.2 Å². The quantitative estimate of drug-likeness (QED) is 0.566. The minimum atomic E-state index is -0.318. The molecular weight excluding hydrogens is 240 g/mol. The summed E-state index contributed by atoms with van der Waals surface area (Å²) in [5, 5.41) is 9.12. The van der Waals surface area contributed by atoms with Crippen molar-refractivity contribution in [3.05, 3.63) is 29.8 Å². The Labute approximate surface area is 115 Å². The fourth-order valence-electron chi connectivity index (χ4n) is 1.82. The Morgan fingerprint density at radius 3 is 2.53 bits per heavy atom. The Hall–Kier alpha value is -1.51. The smallest absolute Gasteiger partial charge is 0.338 e. The minimum absolute atomic E-state index is 0.154. The summed E-state index contributed by atoms with van der Waals surface area (Å²) >= 11 is 0. The van der Waals surface area contributed by atoms with Crippen LogP contribution >= 0.6 is 0 Å². The van der Waals surface area contributed by atoms with Crippen molar-refractivity contribution in [2.75, 3.05) is 6.61 Å². The van der Waals surface area contributed by atoms with Crippen molar-refractivity contribution in [2.24, 2.45) is 5.92 Å². The number of carbonyl (C=O) groups is 1. The van der Waals surface area contributed by atoms with E-state index >= 15 is 0 Å². The van der Waals surface area contributed by atoms with E-state index in [4.69, 9.17) is 9.84 Å². The van der Waals surface area contributed by atoms with Crippen LogP contribution in [0.2, 0.25) is 0 Å². The zero-order valence-electron chi connectivity index (χ0n) is 11.9. The van der Waals surface area contributed by atoms with Gasteiger partial charge in [-0.25, -0.2) is 4.79 Å². The second-order valence-corrected chi connectivity index (χ2v) is 5.05. The topological polar surface area (TPSA) is 46.5 Å². The molecular formula is C16H24O3. The number of ether oxygens (including phenoxy) is 1. The van der Waals surface area contributed by atoms with E-state index in [1.165, 1.54) is 31.4 Å². The van der Waals surface area contributed by atoms with Crippen LogP contribution < -0.4 is 0 Å². The molecule has 0 saturated carbocycles. The normalized spacial score (nSPS) is 12.1. The van der Waals surface area contributed by atoms with Gasteiger partial charge in [0.05, 0.1) is 12.2 Å². The third kappa shape index (κ3) is 6.27. The highest BCUT2D eigenvalue weighted by Crippen LogP contribution is 2.13. The third-order valence-corrected chi connectivity index (χ3v) is 3.37. The third-order valence-electron chi connectivity index (χ3n) is 3.37. The van der Waals surface area contributed by atoms with E-state index in [1.807, 2.05) is 0 Å². The number of rotatable bonds is 8. The second-order valence-electron chi connectivity index (χ2n) is 5.05. The average Bonchev–Trinajstić information content (AvgIpc) is 2.42. The molecule has 1 rings (SSSR count). The van der Waals surface area contributed by atoms with Gasteiger partial charge in [-0.3, -0.25) is 0 Å². The van der Waals surface area contributed by atoms with Gasteiger partial charge >= 0.3 is 5.97 Å². The molecule has 0 fully saturated rings. The molecule has 0 bridgehead atoms. The molecule has 0 amide bonds. The molecule has 0 aliphatic carbocycles. The van der Waals surface area contributed by atoms with Gasteiger partial charge < -0.3 is 9.84 Å². The Balaban J connectivity index is 2.12. The van der Waals surface area contributed by atoms with Gasteiger partial charge in [0.15, 0.2) is 0 Å². The predicted molar refractivity (Wildman–Crippen MR) is 76.3 cm³/mol. The van der Waals surface area contributed by atoms with Gasteiger partial charge in [0.1, 0.15) is 5.75 Å². The lowest BCUT2D eigenvalue weighted by Crippen LogP contribution is -2.06. The van der Waals surface area contributed by atoms with Crippen molar-refractivity contribution in [1.29, 1.82) is 0 Å². The highest BCUT2D eigenvalue weighted by molar-refractivity contribution is 5.89. The first-order valence-electron chi connectivity index (χ1n) is 7.09. The highest BCUT2D eigenvalue weighted by Gasteiger charge is 2.06. The predicted octanol–water partition coefficient (Wildman–Crippen LogP) is 4.16. The van der Waals surface area contributed by atoms with Crippen molar-refractivity contribution in [3.63, 3.8) is 0 Å².